The molecule has 1 aromatic heterocycles. The van der Waals surface area contributed by atoms with E-state index in [1.807, 2.05) is 0 Å². The summed E-state index contributed by atoms with van der Waals surface area (Å²) in [5.74, 6) is -0.0773. The zero-order valence-electron chi connectivity index (χ0n) is 12.9. The number of carbonyl (C=O) groups excluding carboxylic acids is 1. The van der Waals surface area contributed by atoms with Crippen molar-refractivity contribution in [2.75, 3.05) is 14.2 Å². The molecule has 1 amide bonds. The van der Waals surface area contributed by atoms with E-state index in [4.69, 9.17) is 9.47 Å². The van der Waals surface area contributed by atoms with E-state index >= 15 is 0 Å². The molecule has 0 aliphatic heterocycles. The third-order valence-corrected chi connectivity index (χ3v) is 3.02. The van der Waals surface area contributed by atoms with E-state index in [0.717, 1.165) is 0 Å². The molecule has 0 radical (unpaired) electrons. The monoisotopic (exact) mass is 330 g/mol. The number of pyridine rings is 1. The van der Waals surface area contributed by atoms with E-state index in [1.165, 1.54) is 38.8 Å². The molecule has 1 N–H and O–H groups in total. The number of ether oxygens (including phenoxy) is 2. The molecule has 0 aliphatic carbocycles. The molecular formula is C15H14N4O5. The number of aromatic nitrogens is 1. The van der Waals surface area contributed by atoms with Crippen molar-refractivity contribution in [3.63, 3.8) is 0 Å². The van der Waals surface area contributed by atoms with Gasteiger partial charge in [-0.2, -0.15) is 5.10 Å². The van der Waals surface area contributed by atoms with Gasteiger partial charge in [0.05, 0.1) is 30.9 Å². The van der Waals surface area contributed by atoms with Crippen molar-refractivity contribution >= 4 is 17.8 Å². The molecule has 0 fully saturated rings. The maximum Gasteiger partial charge on any atom is 0.311 e. The summed E-state index contributed by atoms with van der Waals surface area (Å²) >= 11 is 0. The molecular weight excluding hydrogens is 316 g/mol. The molecule has 0 aliphatic rings. The van der Waals surface area contributed by atoms with E-state index in [2.05, 4.69) is 15.5 Å². The summed E-state index contributed by atoms with van der Waals surface area (Å²) in [5.41, 5.74) is 2.72. The molecule has 0 unspecified atom stereocenters. The van der Waals surface area contributed by atoms with Gasteiger partial charge in [0.15, 0.2) is 0 Å². The van der Waals surface area contributed by atoms with Crippen LogP contribution in [0.15, 0.2) is 41.8 Å². The van der Waals surface area contributed by atoms with Crippen LogP contribution in [0.2, 0.25) is 0 Å². The smallest absolute Gasteiger partial charge is 0.311 e. The highest BCUT2D eigenvalue weighted by Crippen LogP contribution is 2.33. The summed E-state index contributed by atoms with van der Waals surface area (Å²) < 4.78 is 10.1. The first-order valence-corrected chi connectivity index (χ1v) is 6.70. The lowest BCUT2D eigenvalue weighted by molar-refractivity contribution is -0.385. The van der Waals surface area contributed by atoms with E-state index in [0.29, 0.717) is 16.9 Å². The first-order valence-electron chi connectivity index (χ1n) is 6.70. The molecule has 1 aromatic carbocycles. The van der Waals surface area contributed by atoms with Crippen LogP contribution in [0.3, 0.4) is 0 Å². The Morgan fingerprint density at radius 3 is 2.67 bits per heavy atom. The lowest BCUT2D eigenvalue weighted by Crippen LogP contribution is -2.17. The fourth-order valence-corrected chi connectivity index (χ4v) is 1.87. The third-order valence-electron chi connectivity index (χ3n) is 3.02. The summed E-state index contributed by atoms with van der Waals surface area (Å²) in [7, 11) is 2.73. The quantitative estimate of drug-likeness (QED) is 0.490. The van der Waals surface area contributed by atoms with Gasteiger partial charge in [-0.05, 0) is 12.1 Å². The van der Waals surface area contributed by atoms with Crippen LogP contribution in [-0.2, 0) is 0 Å². The number of rotatable bonds is 6. The van der Waals surface area contributed by atoms with Gasteiger partial charge in [0.2, 0.25) is 5.75 Å². The van der Waals surface area contributed by atoms with Crippen LogP contribution >= 0.6 is 0 Å². The predicted octanol–water partition coefficient (Wildman–Crippen LogP) is 1.77. The number of nitrogens with one attached hydrogen (secondary N) is 1. The van der Waals surface area contributed by atoms with Crippen LogP contribution in [-0.4, -0.2) is 36.2 Å². The average Bonchev–Trinajstić information content (AvgIpc) is 2.61. The summed E-state index contributed by atoms with van der Waals surface area (Å²) in [5, 5.41) is 14.8. The number of hydrazone groups is 1. The van der Waals surface area contributed by atoms with E-state index in [-0.39, 0.29) is 11.4 Å². The molecule has 2 aromatic rings. The molecule has 9 nitrogen and oxygen atoms in total. The van der Waals surface area contributed by atoms with E-state index < -0.39 is 10.8 Å². The Bertz CT molecular complexity index is 777. The molecule has 0 saturated carbocycles. The molecule has 9 heteroatoms. The number of nitro groups is 1. The minimum Gasteiger partial charge on any atom is -0.496 e. The first kappa shape index (κ1) is 16.9. The van der Waals surface area contributed by atoms with Crippen molar-refractivity contribution < 1.29 is 19.2 Å². The number of amides is 1. The Morgan fingerprint density at radius 2 is 2.08 bits per heavy atom. The summed E-state index contributed by atoms with van der Waals surface area (Å²) in [6.07, 6.45) is 4.19. The van der Waals surface area contributed by atoms with Crippen LogP contribution < -0.4 is 14.9 Å². The fourth-order valence-electron chi connectivity index (χ4n) is 1.87. The molecule has 24 heavy (non-hydrogen) atoms. The van der Waals surface area contributed by atoms with Gasteiger partial charge in [-0.3, -0.25) is 19.9 Å². The van der Waals surface area contributed by atoms with Gasteiger partial charge in [0, 0.05) is 30.1 Å². The number of nitrogens with zero attached hydrogens (tertiary/aromatic N) is 3. The number of hydrogen-bond acceptors (Lipinski definition) is 7. The molecule has 124 valence electrons. The zero-order valence-corrected chi connectivity index (χ0v) is 12.9. The van der Waals surface area contributed by atoms with Crippen molar-refractivity contribution in [3.8, 4) is 11.5 Å². The van der Waals surface area contributed by atoms with Gasteiger partial charge < -0.3 is 9.47 Å². The van der Waals surface area contributed by atoms with Crippen LogP contribution in [0.5, 0.6) is 11.5 Å². The van der Waals surface area contributed by atoms with Crippen molar-refractivity contribution in [2.45, 2.75) is 0 Å². The second-order valence-corrected chi connectivity index (χ2v) is 4.46. The normalized spacial score (nSPS) is 10.4. The highest BCUT2D eigenvalue weighted by molar-refractivity contribution is 5.95. The minimum atomic E-state index is -0.580. The average molecular weight is 330 g/mol. The molecule has 0 bridgehead atoms. The predicted molar refractivity (Wildman–Crippen MR) is 85.5 cm³/mol. The second kappa shape index (κ2) is 7.68. The fraction of sp³-hybridized carbons (Fsp3) is 0.133. The summed E-state index contributed by atoms with van der Waals surface area (Å²) in [6, 6.07) is 5.82. The van der Waals surface area contributed by atoms with Gasteiger partial charge in [-0.25, -0.2) is 5.43 Å². The van der Waals surface area contributed by atoms with Crippen molar-refractivity contribution in [2.24, 2.45) is 5.10 Å². The Balaban J connectivity index is 2.23. The first-order chi connectivity index (χ1) is 11.6. The standard InChI is InChI=1S/C15H14N4O5/c1-23-13-7-14(24-2)12(19(21)22)6-11(13)9-17-18-15(20)10-4-3-5-16-8-10/h3-9H,1-2H3,(H,18,20)/b17-9-. The maximum absolute atomic E-state index is 11.8. The van der Waals surface area contributed by atoms with Crippen LogP contribution in [0.25, 0.3) is 0 Å². The lowest BCUT2D eigenvalue weighted by Gasteiger charge is -2.08. The largest absolute Gasteiger partial charge is 0.496 e. The Hall–Kier alpha value is -3.49. The molecule has 0 spiro atoms. The summed E-state index contributed by atoms with van der Waals surface area (Å²) in [4.78, 5) is 26.2. The number of methoxy groups -OCH3 is 2. The van der Waals surface area contributed by atoms with Crippen molar-refractivity contribution in [1.29, 1.82) is 0 Å². The van der Waals surface area contributed by atoms with Crippen molar-refractivity contribution in [3.05, 3.63) is 57.9 Å². The summed E-state index contributed by atoms with van der Waals surface area (Å²) in [6.45, 7) is 0. The second-order valence-electron chi connectivity index (χ2n) is 4.46. The van der Waals surface area contributed by atoms with E-state index in [1.54, 1.807) is 18.3 Å². The number of carbonyl (C=O) groups is 1. The van der Waals surface area contributed by atoms with Gasteiger partial charge in [0.1, 0.15) is 5.75 Å². The lowest BCUT2D eigenvalue weighted by atomic mass is 10.1. The molecule has 1 heterocycles. The van der Waals surface area contributed by atoms with Crippen LogP contribution in [0.1, 0.15) is 15.9 Å². The van der Waals surface area contributed by atoms with Crippen LogP contribution in [0, 0.1) is 10.1 Å². The third kappa shape index (κ3) is 3.83. The zero-order chi connectivity index (χ0) is 17.5. The highest BCUT2D eigenvalue weighted by Gasteiger charge is 2.18. The highest BCUT2D eigenvalue weighted by atomic mass is 16.6. The number of benzene rings is 1. The van der Waals surface area contributed by atoms with Crippen LogP contribution in [0.4, 0.5) is 5.69 Å². The Morgan fingerprint density at radius 1 is 1.33 bits per heavy atom. The van der Waals surface area contributed by atoms with Gasteiger partial charge >= 0.3 is 5.69 Å². The topological polar surface area (TPSA) is 116 Å². The molecule has 0 atom stereocenters. The maximum atomic E-state index is 11.8. The van der Waals surface area contributed by atoms with Crippen molar-refractivity contribution in [1.82, 2.24) is 10.4 Å². The molecule has 2 rings (SSSR count). The van der Waals surface area contributed by atoms with Gasteiger partial charge in [-0.15, -0.1) is 0 Å². The van der Waals surface area contributed by atoms with Gasteiger partial charge in [0.25, 0.3) is 5.91 Å². The number of nitro benzene ring substituents is 1. The Labute approximate surface area is 137 Å². The number of hydrogen-bond donors (Lipinski definition) is 1. The molecule has 0 saturated heterocycles. The SMILES string of the molecule is COc1cc(OC)c([N+](=O)[O-])cc1/C=N\NC(=O)c1cccnc1. The van der Waals surface area contributed by atoms with E-state index in [9.17, 15) is 14.9 Å². The Kier molecular flexibility index (Phi) is 5.40. The minimum absolute atomic E-state index is 0.0633. The van der Waals surface area contributed by atoms with Gasteiger partial charge in [-0.1, -0.05) is 0 Å².